The van der Waals surface area contributed by atoms with Crippen LogP contribution in [-0.2, 0) is 28.6 Å². The summed E-state index contributed by atoms with van der Waals surface area (Å²) in [5, 5.41) is 0. The van der Waals surface area contributed by atoms with Crippen molar-refractivity contribution in [3.63, 3.8) is 0 Å². The van der Waals surface area contributed by atoms with E-state index in [-0.39, 0.29) is 12.8 Å². The molecule has 2 saturated heterocycles. The molecular weight excluding hydrogens is 292 g/mol. The zero-order valence-corrected chi connectivity index (χ0v) is 13.3. The Balaban J connectivity index is 2.43. The molecule has 0 aromatic rings. The summed E-state index contributed by atoms with van der Waals surface area (Å²) in [5.41, 5.74) is 0. The van der Waals surface area contributed by atoms with Gasteiger partial charge in [0.05, 0.1) is 32.9 Å². The lowest BCUT2D eigenvalue weighted by Gasteiger charge is -2.25. The highest BCUT2D eigenvalue weighted by atomic mass is 16.5. The van der Waals surface area contributed by atoms with Gasteiger partial charge in [-0.05, 0) is 14.0 Å². The molecule has 2 rings (SSSR count). The smallest absolute Gasteiger partial charge is 0.324 e. The quantitative estimate of drug-likeness (QED) is 0.487. The first-order valence-electron chi connectivity index (χ1n) is 7.26. The third kappa shape index (κ3) is 2.56. The van der Waals surface area contributed by atoms with E-state index in [1.165, 1.54) is 14.2 Å². The molecule has 0 radical (unpaired) electrons. The molecule has 2 fully saturated rings. The number of hydrogen-bond donors (Lipinski definition) is 0. The maximum absolute atomic E-state index is 12.3. The number of carbonyl (C=O) groups is 3. The molecule has 0 saturated carbocycles. The highest BCUT2D eigenvalue weighted by Crippen LogP contribution is 2.41. The van der Waals surface area contributed by atoms with Crippen molar-refractivity contribution >= 4 is 17.9 Å². The number of methoxy groups -OCH3 is 2. The molecule has 0 spiro atoms. The molecule has 0 amide bonds. The normalized spacial score (nSPS) is 31.6. The third-order valence-electron chi connectivity index (χ3n) is 4.38. The predicted octanol–water partition coefficient (Wildman–Crippen LogP) is -0.916. The van der Waals surface area contributed by atoms with E-state index in [0.717, 1.165) is 0 Å². The highest BCUT2D eigenvalue weighted by molar-refractivity contribution is 5.91. The molecule has 0 aliphatic carbocycles. The largest absolute Gasteiger partial charge is 0.469 e. The van der Waals surface area contributed by atoms with E-state index in [2.05, 4.69) is 0 Å². The first-order valence-corrected chi connectivity index (χ1v) is 7.26. The molecule has 8 heteroatoms. The van der Waals surface area contributed by atoms with Gasteiger partial charge in [0.25, 0.3) is 0 Å². The van der Waals surface area contributed by atoms with E-state index in [4.69, 9.17) is 14.2 Å². The van der Waals surface area contributed by atoms with E-state index >= 15 is 0 Å². The molecule has 0 bridgehead atoms. The van der Waals surface area contributed by atoms with Crippen LogP contribution in [-0.4, -0.2) is 80.9 Å². The van der Waals surface area contributed by atoms with E-state index in [1.54, 1.807) is 6.92 Å². The van der Waals surface area contributed by atoms with Gasteiger partial charge < -0.3 is 14.2 Å². The second-order valence-corrected chi connectivity index (χ2v) is 5.43. The summed E-state index contributed by atoms with van der Waals surface area (Å²) in [6.07, 6.45) is -0.369. The Morgan fingerprint density at radius 1 is 1.00 bits per heavy atom. The zero-order chi connectivity index (χ0) is 16.4. The monoisotopic (exact) mass is 314 g/mol. The van der Waals surface area contributed by atoms with Gasteiger partial charge in [-0.25, -0.2) is 0 Å². The van der Waals surface area contributed by atoms with Crippen molar-refractivity contribution in [2.24, 2.45) is 11.8 Å². The molecule has 8 nitrogen and oxygen atoms in total. The molecule has 124 valence electrons. The van der Waals surface area contributed by atoms with Crippen molar-refractivity contribution in [1.29, 1.82) is 0 Å². The van der Waals surface area contributed by atoms with Crippen molar-refractivity contribution in [2.45, 2.75) is 19.1 Å². The van der Waals surface area contributed by atoms with Crippen LogP contribution in [0.3, 0.4) is 0 Å². The van der Waals surface area contributed by atoms with Crippen molar-refractivity contribution in [2.75, 3.05) is 41.0 Å². The summed E-state index contributed by atoms with van der Waals surface area (Å²) in [4.78, 5) is 40.6. The van der Waals surface area contributed by atoms with Gasteiger partial charge in [-0.1, -0.05) is 0 Å². The minimum absolute atomic E-state index is 0.209. The summed E-state index contributed by atoms with van der Waals surface area (Å²) in [6, 6.07) is -0.827. The van der Waals surface area contributed by atoms with Crippen LogP contribution in [0.4, 0.5) is 0 Å². The van der Waals surface area contributed by atoms with E-state index in [0.29, 0.717) is 13.1 Å². The maximum Gasteiger partial charge on any atom is 0.324 e. The lowest BCUT2D eigenvalue weighted by Crippen LogP contribution is -2.44. The summed E-state index contributed by atoms with van der Waals surface area (Å²) in [6.45, 7) is 3.18. The number of hydrogen-bond acceptors (Lipinski definition) is 8. The van der Waals surface area contributed by atoms with Gasteiger partial charge in [-0.2, -0.15) is 0 Å². The molecular formula is C14H22N2O6. The fraction of sp³-hybridized carbons (Fsp3) is 0.786. The average molecular weight is 314 g/mol. The van der Waals surface area contributed by atoms with Gasteiger partial charge in [-0.3, -0.25) is 24.2 Å². The molecule has 2 aliphatic heterocycles. The number of esters is 3. The molecule has 0 aromatic heterocycles. The average Bonchev–Trinajstić information content (AvgIpc) is 3.04. The van der Waals surface area contributed by atoms with Crippen LogP contribution in [0.2, 0.25) is 0 Å². The van der Waals surface area contributed by atoms with Gasteiger partial charge in [0.1, 0.15) is 12.0 Å². The SMILES string of the molecule is CCOC(=O)[C@@H]1[C@H](C(=O)OC)[C@@H](C(=O)OC)[C@H]2N(C)CCN12. The Bertz CT molecular complexity index is 468. The molecule has 2 heterocycles. The van der Waals surface area contributed by atoms with Crippen LogP contribution in [0.5, 0.6) is 0 Å². The molecule has 0 aromatic carbocycles. The van der Waals surface area contributed by atoms with Gasteiger partial charge in [0.2, 0.25) is 0 Å². The van der Waals surface area contributed by atoms with Crippen molar-refractivity contribution in [3.8, 4) is 0 Å². The van der Waals surface area contributed by atoms with Crippen LogP contribution in [0.1, 0.15) is 6.92 Å². The molecule has 0 unspecified atom stereocenters. The first kappa shape index (κ1) is 16.7. The van der Waals surface area contributed by atoms with Gasteiger partial charge in [0.15, 0.2) is 0 Å². The lowest BCUT2D eigenvalue weighted by atomic mass is 9.88. The van der Waals surface area contributed by atoms with E-state index in [9.17, 15) is 14.4 Å². The topological polar surface area (TPSA) is 85.4 Å². The Kier molecular flexibility index (Phi) is 5.02. The van der Waals surface area contributed by atoms with E-state index in [1.807, 2.05) is 16.8 Å². The predicted molar refractivity (Wildman–Crippen MR) is 74.6 cm³/mol. The Morgan fingerprint density at radius 2 is 1.59 bits per heavy atom. The lowest BCUT2D eigenvalue weighted by molar-refractivity contribution is -0.161. The molecule has 22 heavy (non-hydrogen) atoms. The highest BCUT2D eigenvalue weighted by Gasteiger charge is 2.62. The fourth-order valence-electron chi connectivity index (χ4n) is 3.49. The number of rotatable bonds is 4. The second-order valence-electron chi connectivity index (χ2n) is 5.43. The fourth-order valence-corrected chi connectivity index (χ4v) is 3.49. The number of fused-ring (bicyclic) bond motifs is 1. The standard InChI is InChI=1S/C14H22N2O6/c1-5-22-14(19)10-8(12(17)20-3)9(13(18)21-4)11-15(2)6-7-16(10)11/h8-11H,5-7H2,1-4H3/t8-,9-,10+,11+/m1/s1. The van der Waals surface area contributed by atoms with Gasteiger partial charge in [0, 0.05) is 13.1 Å². The minimum atomic E-state index is -0.927. The van der Waals surface area contributed by atoms with Crippen LogP contribution >= 0.6 is 0 Å². The van der Waals surface area contributed by atoms with Crippen LogP contribution in [0.15, 0.2) is 0 Å². The number of carbonyl (C=O) groups excluding carboxylic acids is 3. The van der Waals surface area contributed by atoms with E-state index < -0.39 is 35.8 Å². The Morgan fingerprint density at radius 3 is 2.14 bits per heavy atom. The van der Waals surface area contributed by atoms with Crippen molar-refractivity contribution in [3.05, 3.63) is 0 Å². The van der Waals surface area contributed by atoms with Gasteiger partial charge in [-0.15, -0.1) is 0 Å². The number of nitrogens with zero attached hydrogens (tertiary/aromatic N) is 2. The summed E-state index contributed by atoms with van der Waals surface area (Å²) in [5.74, 6) is -3.34. The first-order chi connectivity index (χ1) is 10.5. The summed E-state index contributed by atoms with van der Waals surface area (Å²) < 4.78 is 14.8. The van der Waals surface area contributed by atoms with Crippen LogP contribution in [0, 0.1) is 11.8 Å². The second kappa shape index (κ2) is 6.62. The van der Waals surface area contributed by atoms with Crippen molar-refractivity contribution < 1.29 is 28.6 Å². The zero-order valence-electron chi connectivity index (χ0n) is 13.3. The molecule has 0 N–H and O–H groups in total. The van der Waals surface area contributed by atoms with Crippen LogP contribution < -0.4 is 0 Å². The Hall–Kier alpha value is -1.67. The summed E-state index contributed by atoms with van der Waals surface area (Å²) in [7, 11) is 4.36. The molecule has 4 atom stereocenters. The summed E-state index contributed by atoms with van der Waals surface area (Å²) >= 11 is 0. The minimum Gasteiger partial charge on any atom is -0.469 e. The van der Waals surface area contributed by atoms with Crippen LogP contribution in [0.25, 0.3) is 0 Å². The number of likely N-dealkylation sites (N-methyl/N-ethyl adjacent to an activating group) is 1. The third-order valence-corrected chi connectivity index (χ3v) is 4.38. The van der Waals surface area contributed by atoms with Crippen molar-refractivity contribution in [1.82, 2.24) is 9.80 Å². The maximum atomic E-state index is 12.3. The Labute approximate surface area is 129 Å². The number of ether oxygens (including phenoxy) is 3. The molecule has 2 aliphatic rings. The van der Waals surface area contributed by atoms with Gasteiger partial charge >= 0.3 is 17.9 Å².